The van der Waals surface area contributed by atoms with Crippen LogP contribution in [-0.4, -0.2) is 65.0 Å². The van der Waals surface area contributed by atoms with Crippen molar-refractivity contribution in [1.29, 1.82) is 0 Å². The largest absolute Gasteiger partial charge is 0.444 e. The zero-order valence-electron chi connectivity index (χ0n) is 14.6. The van der Waals surface area contributed by atoms with Crippen molar-refractivity contribution in [3.63, 3.8) is 0 Å². The van der Waals surface area contributed by atoms with Crippen molar-refractivity contribution in [3.8, 4) is 0 Å². The Kier molecular flexibility index (Phi) is 4.21. The number of ether oxygens (including phenoxy) is 2. The summed E-state index contributed by atoms with van der Waals surface area (Å²) in [5.74, 6) is -0.874. The smallest absolute Gasteiger partial charge is 0.411 e. The predicted molar refractivity (Wildman–Crippen MR) is 80.5 cm³/mol. The molecule has 0 aromatic heterocycles. The van der Waals surface area contributed by atoms with Gasteiger partial charge in [-0.25, -0.2) is 4.79 Å². The fraction of sp³-hybridized carbons (Fsp3) is 0.875. The predicted octanol–water partition coefficient (Wildman–Crippen LogP) is 2.52. The number of alkyl halides is 3. The lowest BCUT2D eigenvalue weighted by Crippen LogP contribution is -2.66. The first-order chi connectivity index (χ1) is 11.4. The van der Waals surface area contributed by atoms with E-state index in [2.05, 4.69) is 0 Å². The Hall–Kier alpha value is -1.51. The summed E-state index contributed by atoms with van der Waals surface area (Å²) in [5, 5.41) is 0. The van der Waals surface area contributed by atoms with Gasteiger partial charge in [-0.2, -0.15) is 13.2 Å². The van der Waals surface area contributed by atoms with Crippen LogP contribution in [0.2, 0.25) is 0 Å². The van der Waals surface area contributed by atoms with E-state index in [-0.39, 0.29) is 31.8 Å². The second kappa shape index (κ2) is 5.75. The molecule has 142 valence electrons. The zero-order chi connectivity index (χ0) is 18.6. The van der Waals surface area contributed by atoms with Crippen molar-refractivity contribution < 1.29 is 32.2 Å². The Labute approximate surface area is 144 Å². The number of halogens is 3. The summed E-state index contributed by atoms with van der Waals surface area (Å²) in [5.41, 5.74) is -1.90. The lowest BCUT2D eigenvalue weighted by molar-refractivity contribution is -0.214. The van der Waals surface area contributed by atoms with Crippen LogP contribution in [-0.2, 0) is 14.3 Å². The zero-order valence-corrected chi connectivity index (χ0v) is 14.6. The van der Waals surface area contributed by atoms with Crippen LogP contribution in [0.1, 0.15) is 40.0 Å². The van der Waals surface area contributed by atoms with Crippen LogP contribution >= 0.6 is 0 Å². The van der Waals surface area contributed by atoms with E-state index >= 15 is 0 Å². The van der Waals surface area contributed by atoms with Crippen LogP contribution in [0.5, 0.6) is 0 Å². The van der Waals surface area contributed by atoms with E-state index < -0.39 is 42.2 Å². The first-order valence-corrected chi connectivity index (χ1v) is 8.45. The Balaban J connectivity index is 1.79. The lowest BCUT2D eigenvalue weighted by Gasteiger charge is -2.52. The summed E-state index contributed by atoms with van der Waals surface area (Å²) in [6.07, 6.45) is -4.42. The first-order valence-electron chi connectivity index (χ1n) is 8.45. The second-order valence-corrected chi connectivity index (χ2v) is 7.89. The molecule has 0 aromatic carbocycles. The van der Waals surface area contributed by atoms with Gasteiger partial charge in [0.2, 0.25) is 5.91 Å². The minimum Gasteiger partial charge on any atom is -0.444 e. The highest BCUT2D eigenvalue weighted by atomic mass is 19.4. The SMILES string of the molecule is CC(C)(C)OC(=O)N1CC[C@]23OC[C@H](C(F)(F)F)N2C(=O)CC[C@@H]3C1. The maximum atomic E-state index is 13.3. The number of nitrogens with zero attached hydrogens (tertiary/aromatic N) is 2. The number of rotatable bonds is 0. The molecule has 3 aliphatic heterocycles. The number of likely N-dealkylation sites (tertiary alicyclic amines) is 1. The van der Waals surface area contributed by atoms with Gasteiger partial charge < -0.3 is 14.4 Å². The molecule has 3 fully saturated rings. The highest BCUT2D eigenvalue weighted by Crippen LogP contribution is 2.49. The Morgan fingerprint density at radius 3 is 2.60 bits per heavy atom. The molecule has 0 unspecified atom stereocenters. The molecule has 3 rings (SSSR count). The van der Waals surface area contributed by atoms with E-state index in [9.17, 15) is 22.8 Å². The molecule has 1 spiro atoms. The average molecular weight is 364 g/mol. The van der Waals surface area contributed by atoms with Crippen molar-refractivity contribution >= 4 is 12.0 Å². The quantitative estimate of drug-likeness (QED) is 0.663. The highest BCUT2D eigenvalue weighted by molar-refractivity contribution is 5.79. The molecule has 3 saturated heterocycles. The lowest BCUT2D eigenvalue weighted by atomic mass is 9.80. The molecule has 0 N–H and O–H groups in total. The highest BCUT2D eigenvalue weighted by Gasteiger charge is 2.64. The summed E-state index contributed by atoms with van der Waals surface area (Å²) in [7, 11) is 0. The molecule has 0 aromatic rings. The van der Waals surface area contributed by atoms with Crippen LogP contribution in [0.4, 0.5) is 18.0 Å². The number of carbonyl (C=O) groups excluding carboxylic acids is 2. The summed E-state index contributed by atoms with van der Waals surface area (Å²) < 4.78 is 50.8. The first kappa shape index (κ1) is 18.3. The normalized spacial score (nSPS) is 33.1. The van der Waals surface area contributed by atoms with E-state index in [1.165, 1.54) is 4.90 Å². The number of amides is 2. The van der Waals surface area contributed by atoms with Crippen molar-refractivity contribution in [2.75, 3.05) is 19.7 Å². The molecule has 6 nitrogen and oxygen atoms in total. The van der Waals surface area contributed by atoms with E-state index in [1.54, 1.807) is 20.8 Å². The molecule has 0 saturated carbocycles. The summed E-state index contributed by atoms with van der Waals surface area (Å²) in [4.78, 5) is 26.9. The minimum atomic E-state index is -4.52. The molecular weight excluding hydrogens is 341 g/mol. The molecule has 0 radical (unpaired) electrons. The van der Waals surface area contributed by atoms with Crippen LogP contribution < -0.4 is 0 Å². The molecule has 3 heterocycles. The number of hydrogen-bond acceptors (Lipinski definition) is 4. The van der Waals surface area contributed by atoms with Crippen LogP contribution in [0.25, 0.3) is 0 Å². The third-order valence-corrected chi connectivity index (χ3v) is 5.03. The fourth-order valence-corrected chi connectivity index (χ4v) is 3.99. The summed E-state index contributed by atoms with van der Waals surface area (Å²) in [6.45, 7) is 5.14. The average Bonchev–Trinajstić information content (AvgIpc) is 2.85. The summed E-state index contributed by atoms with van der Waals surface area (Å²) in [6, 6.07) is -1.91. The van der Waals surface area contributed by atoms with Crippen molar-refractivity contribution in [2.45, 2.75) is 63.6 Å². The van der Waals surface area contributed by atoms with Crippen LogP contribution in [0.3, 0.4) is 0 Å². The summed E-state index contributed by atoms with van der Waals surface area (Å²) >= 11 is 0. The van der Waals surface area contributed by atoms with E-state index in [0.29, 0.717) is 6.42 Å². The van der Waals surface area contributed by atoms with Crippen LogP contribution in [0, 0.1) is 5.92 Å². The van der Waals surface area contributed by atoms with Gasteiger partial charge in [0.05, 0.1) is 6.61 Å². The van der Waals surface area contributed by atoms with Gasteiger partial charge in [0, 0.05) is 31.8 Å². The van der Waals surface area contributed by atoms with Crippen molar-refractivity contribution in [3.05, 3.63) is 0 Å². The van der Waals surface area contributed by atoms with Gasteiger partial charge in [0.15, 0.2) is 6.04 Å². The molecule has 25 heavy (non-hydrogen) atoms. The molecular formula is C16H23F3N2O4. The fourth-order valence-electron chi connectivity index (χ4n) is 3.99. The molecule has 0 bridgehead atoms. The van der Waals surface area contributed by atoms with Crippen LogP contribution in [0.15, 0.2) is 0 Å². The maximum Gasteiger partial charge on any atom is 0.411 e. The molecule has 3 atom stereocenters. The molecule has 2 amide bonds. The molecule has 0 aliphatic carbocycles. The Morgan fingerprint density at radius 1 is 1.32 bits per heavy atom. The maximum absolute atomic E-state index is 13.3. The van der Waals surface area contributed by atoms with Gasteiger partial charge in [-0.05, 0) is 27.2 Å². The van der Waals surface area contributed by atoms with Gasteiger partial charge in [0.25, 0.3) is 0 Å². The van der Waals surface area contributed by atoms with Crippen molar-refractivity contribution in [2.24, 2.45) is 5.92 Å². The van der Waals surface area contributed by atoms with E-state index in [0.717, 1.165) is 4.90 Å². The Bertz CT molecular complexity index is 575. The number of hydrogen-bond donors (Lipinski definition) is 0. The van der Waals surface area contributed by atoms with E-state index in [1.807, 2.05) is 0 Å². The van der Waals surface area contributed by atoms with Gasteiger partial charge in [-0.3, -0.25) is 9.69 Å². The third kappa shape index (κ3) is 3.18. The number of carbonyl (C=O) groups is 2. The third-order valence-electron chi connectivity index (χ3n) is 5.03. The molecule has 3 aliphatic rings. The van der Waals surface area contributed by atoms with Gasteiger partial charge in [-0.1, -0.05) is 0 Å². The monoisotopic (exact) mass is 364 g/mol. The van der Waals surface area contributed by atoms with Gasteiger partial charge >= 0.3 is 12.3 Å². The second-order valence-electron chi connectivity index (χ2n) is 7.89. The molecule has 9 heteroatoms. The topological polar surface area (TPSA) is 59.1 Å². The number of piperidine rings is 2. The standard InChI is InChI=1S/C16H23F3N2O4/c1-14(2,3)25-13(23)20-7-6-15-10(8-20)4-5-12(22)21(15)11(9-24-15)16(17,18)19/h10-11H,4-9H2,1-3H3/t10-,11-,15-/m1/s1. The van der Waals surface area contributed by atoms with Gasteiger partial charge in [0.1, 0.15) is 11.3 Å². The minimum absolute atomic E-state index is 0.0323. The van der Waals surface area contributed by atoms with E-state index in [4.69, 9.17) is 9.47 Å². The van der Waals surface area contributed by atoms with Gasteiger partial charge in [-0.15, -0.1) is 0 Å². The Morgan fingerprint density at radius 2 is 2.00 bits per heavy atom. The van der Waals surface area contributed by atoms with Crippen molar-refractivity contribution in [1.82, 2.24) is 9.80 Å².